The van der Waals surface area contributed by atoms with Crippen molar-refractivity contribution in [2.24, 2.45) is 5.41 Å². The van der Waals surface area contributed by atoms with Gasteiger partial charge in [0.25, 0.3) is 0 Å². The molecule has 3 aliphatic heterocycles. The van der Waals surface area contributed by atoms with Gasteiger partial charge in [0.15, 0.2) is 0 Å². The van der Waals surface area contributed by atoms with Crippen LogP contribution in [0.3, 0.4) is 0 Å². The number of hydrogen-bond donors (Lipinski definition) is 1. The number of hydrogen-bond acceptors (Lipinski definition) is 5. The second-order valence-corrected chi connectivity index (χ2v) is 8.10. The summed E-state index contributed by atoms with van der Waals surface area (Å²) >= 11 is 0. The minimum Gasteiger partial charge on any atom is -0.475 e. The van der Waals surface area contributed by atoms with Crippen molar-refractivity contribution in [3.63, 3.8) is 0 Å². The lowest BCUT2D eigenvalue weighted by atomic mass is 9.75. The van der Waals surface area contributed by atoms with E-state index in [9.17, 15) is 22.4 Å². The van der Waals surface area contributed by atoms with Crippen LogP contribution in [0.2, 0.25) is 0 Å². The molecule has 4 rings (SSSR count). The number of carboxylic acid groups (broad SMARTS) is 1. The molecule has 0 aromatic heterocycles. The molecule has 0 aliphatic carbocycles. The molecular formula is C21H26F4N2O5. The minimum absolute atomic E-state index is 0.00612. The van der Waals surface area contributed by atoms with Gasteiger partial charge in [0.05, 0.1) is 24.7 Å². The van der Waals surface area contributed by atoms with E-state index in [0.717, 1.165) is 24.9 Å². The van der Waals surface area contributed by atoms with Crippen molar-refractivity contribution in [1.29, 1.82) is 0 Å². The van der Waals surface area contributed by atoms with Crippen molar-refractivity contribution in [3.8, 4) is 0 Å². The molecule has 11 heteroatoms. The van der Waals surface area contributed by atoms with E-state index in [1.165, 1.54) is 6.07 Å². The van der Waals surface area contributed by atoms with E-state index in [-0.39, 0.29) is 17.8 Å². The van der Waals surface area contributed by atoms with Crippen LogP contribution in [0.15, 0.2) is 24.3 Å². The van der Waals surface area contributed by atoms with Crippen LogP contribution in [0.1, 0.15) is 18.4 Å². The molecule has 32 heavy (non-hydrogen) atoms. The number of fused-ring (bicyclic) bond motifs is 1. The molecule has 3 saturated heterocycles. The van der Waals surface area contributed by atoms with Crippen molar-refractivity contribution in [1.82, 2.24) is 9.80 Å². The van der Waals surface area contributed by atoms with E-state index in [1.54, 1.807) is 12.1 Å². The Morgan fingerprint density at radius 1 is 1.16 bits per heavy atom. The average molecular weight is 462 g/mol. The molecule has 0 bridgehead atoms. The van der Waals surface area contributed by atoms with Crippen molar-refractivity contribution >= 4 is 11.9 Å². The molecule has 0 unspecified atom stereocenters. The number of carboxylic acids is 1. The van der Waals surface area contributed by atoms with E-state index < -0.39 is 17.6 Å². The summed E-state index contributed by atoms with van der Waals surface area (Å²) in [5, 5.41) is 7.12. The van der Waals surface area contributed by atoms with Crippen LogP contribution >= 0.6 is 0 Å². The molecule has 1 N–H and O–H groups in total. The van der Waals surface area contributed by atoms with Crippen LogP contribution in [-0.2, 0) is 25.6 Å². The van der Waals surface area contributed by atoms with Crippen molar-refractivity contribution in [3.05, 3.63) is 35.6 Å². The second-order valence-electron chi connectivity index (χ2n) is 8.10. The third kappa shape index (κ3) is 5.76. The van der Waals surface area contributed by atoms with E-state index in [1.807, 2.05) is 11.0 Å². The molecule has 1 aromatic rings. The summed E-state index contributed by atoms with van der Waals surface area (Å²) in [5.74, 6) is -2.76. The number of alkyl halides is 3. The van der Waals surface area contributed by atoms with Gasteiger partial charge in [-0.15, -0.1) is 0 Å². The summed E-state index contributed by atoms with van der Waals surface area (Å²) in [6.45, 7) is 5.43. The number of halogens is 4. The van der Waals surface area contributed by atoms with Crippen LogP contribution in [-0.4, -0.2) is 85.1 Å². The zero-order valence-electron chi connectivity index (χ0n) is 17.4. The van der Waals surface area contributed by atoms with Gasteiger partial charge in [0.1, 0.15) is 5.82 Å². The fourth-order valence-electron chi connectivity index (χ4n) is 4.44. The third-order valence-electron chi connectivity index (χ3n) is 5.96. The van der Waals surface area contributed by atoms with Gasteiger partial charge in [-0.1, -0.05) is 12.1 Å². The first-order chi connectivity index (χ1) is 15.1. The highest BCUT2D eigenvalue weighted by Gasteiger charge is 2.54. The molecule has 0 saturated carbocycles. The first-order valence-electron chi connectivity index (χ1n) is 10.4. The molecule has 2 atom stereocenters. The van der Waals surface area contributed by atoms with Crippen LogP contribution < -0.4 is 0 Å². The number of amides is 1. The van der Waals surface area contributed by atoms with Gasteiger partial charge < -0.3 is 19.5 Å². The van der Waals surface area contributed by atoms with Gasteiger partial charge in [-0.25, -0.2) is 9.18 Å². The fourth-order valence-corrected chi connectivity index (χ4v) is 4.44. The highest BCUT2D eigenvalue weighted by molar-refractivity contribution is 5.84. The molecule has 1 amide bonds. The molecule has 0 spiro atoms. The summed E-state index contributed by atoms with van der Waals surface area (Å²) in [5.41, 5.74) is 0.495. The Morgan fingerprint density at radius 2 is 1.84 bits per heavy atom. The third-order valence-corrected chi connectivity index (χ3v) is 5.96. The number of rotatable bonds is 3. The number of likely N-dealkylation sites (tertiary alicyclic amines) is 1. The minimum atomic E-state index is -5.08. The highest BCUT2D eigenvalue weighted by atomic mass is 19.4. The first-order valence-corrected chi connectivity index (χ1v) is 10.4. The predicted octanol–water partition coefficient (Wildman–Crippen LogP) is 2.30. The SMILES string of the molecule is O=C(N1CCOCC1)[C@@]12CCO[C@@H]1CCN(Cc1cccc(F)c1)C2.O=C(O)C(F)(F)F. The Bertz CT molecular complexity index is 816. The topological polar surface area (TPSA) is 79.3 Å². The van der Waals surface area contributed by atoms with Crippen molar-refractivity contribution in [2.45, 2.75) is 31.7 Å². The van der Waals surface area contributed by atoms with Crippen LogP contribution in [0.4, 0.5) is 17.6 Å². The lowest BCUT2D eigenvalue weighted by molar-refractivity contribution is -0.192. The van der Waals surface area contributed by atoms with E-state index in [0.29, 0.717) is 46.0 Å². The molecule has 3 aliphatic rings. The highest BCUT2D eigenvalue weighted by Crippen LogP contribution is 2.43. The van der Waals surface area contributed by atoms with Crippen LogP contribution in [0, 0.1) is 11.2 Å². The number of carbonyl (C=O) groups excluding carboxylic acids is 1. The fraction of sp³-hybridized carbons (Fsp3) is 0.619. The van der Waals surface area contributed by atoms with Crippen LogP contribution in [0.25, 0.3) is 0 Å². The Hall–Kier alpha value is -2.24. The van der Waals surface area contributed by atoms with E-state index in [2.05, 4.69) is 4.90 Å². The number of piperidine rings is 1. The lowest BCUT2D eigenvalue weighted by Crippen LogP contribution is -2.59. The van der Waals surface area contributed by atoms with E-state index >= 15 is 0 Å². The van der Waals surface area contributed by atoms with Crippen LogP contribution in [0.5, 0.6) is 0 Å². The quantitative estimate of drug-likeness (QED) is 0.695. The molecule has 0 radical (unpaired) electrons. The Balaban J connectivity index is 0.000000360. The standard InChI is InChI=1S/C19H25FN2O3.C2HF3O2/c20-16-3-1-2-15(12-16)13-21-6-4-17-19(14-21,5-9-25-17)18(23)22-7-10-24-11-8-22;3-2(4,5)1(6)7/h1-3,12,17H,4-11,13-14H2;(H,6,7)/t17-,19-;/m1./s1. The lowest BCUT2D eigenvalue weighted by Gasteiger charge is -2.45. The Kier molecular flexibility index (Phi) is 7.73. The number of morpholine rings is 1. The monoisotopic (exact) mass is 462 g/mol. The number of benzene rings is 1. The zero-order chi connectivity index (χ0) is 23.4. The van der Waals surface area contributed by atoms with Gasteiger partial charge >= 0.3 is 12.1 Å². The number of ether oxygens (including phenoxy) is 2. The maximum absolute atomic E-state index is 13.5. The first kappa shape index (κ1) is 24.4. The maximum atomic E-state index is 13.5. The number of aliphatic carboxylic acids is 1. The number of nitrogens with zero attached hydrogens (tertiary/aromatic N) is 2. The smallest absolute Gasteiger partial charge is 0.475 e. The van der Waals surface area contributed by atoms with Gasteiger partial charge in [0.2, 0.25) is 5.91 Å². The van der Waals surface area contributed by atoms with Gasteiger partial charge in [-0.3, -0.25) is 9.69 Å². The van der Waals surface area contributed by atoms with Crippen molar-refractivity contribution < 1.29 is 41.7 Å². The maximum Gasteiger partial charge on any atom is 0.490 e. The summed E-state index contributed by atoms with van der Waals surface area (Å²) in [7, 11) is 0. The van der Waals surface area contributed by atoms with Gasteiger partial charge in [-0.05, 0) is 30.5 Å². The number of carbonyl (C=O) groups is 2. The average Bonchev–Trinajstić information content (AvgIpc) is 3.18. The van der Waals surface area contributed by atoms with E-state index in [4.69, 9.17) is 19.4 Å². The largest absolute Gasteiger partial charge is 0.490 e. The summed E-state index contributed by atoms with van der Waals surface area (Å²) < 4.78 is 56.5. The summed E-state index contributed by atoms with van der Waals surface area (Å²) in [6.07, 6.45) is -3.45. The molecule has 7 nitrogen and oxygen atoms in total. The van der Waals surface area contributed by atoms with Gasteiger partial charge in [0, 0.05) is 39.3 Å². The normalized spacial score (nSPS) is 26.1. The molecule has 3 heterocycles. The summed E-state index contributed by atoms with van der Waals surface area (Å²) in [4.78, 5) is 26.4. The molecule has 3 fully saturated rings. The zero-order valence-corrected chi connectivity index (χ0v) is 17.4. The Labute approximate surface area is 182 Å². The van der Waals surface area contributed by atoms with Gasteiger partial charge in [-0.2, -0.15) is 13.2 Å². The molecular weight excluding hydrogens is 436 g/mol. The predicted molar refractivity (Wildman–Crippen MR) is 104 cm³/mol. The van der Waals surface area contributed by atoms with Crippen molar-refractivity contribution in [2.75, 3.05) is 46.0 Å². The Morgan fingerprint density at radius 3 is 2.47 bits per heavy atom. The second kappa shape index (κ2) is 10.1. The molecule has 178 valence electrons. The summed E-state index contributed by atoms with van der Waals surface area (Å²) in [6, 6.07) is 6.72. The molecule has 1 aromatic carbocycles.